The van der Waals surface area contributed by atoms with Gasteiger partial charge in [-0.2, -0.15) is 4.98 Å². The summed E-state index contributed by atoms with van der Waals surface area (Å²) in [5, 5.41) is 2.83. The first kappa shape index (κ1) is 13.2. The number of hydrogen-bond acceptors (Lipinski definition) is 6. The van der Waals surface area contributed by atoms with E-state index in [2.05, 4.69) is 20.0 Å². The highest BCUT2D eigenvalue weighted by molar-refractivity contribution is 5.77. The number of rotatable bonds is 5. The molecule has 0 aliphatic rings. The molecule has 0 bridgehead atoms. The largest absolute Gasteiger partial charge is 0.475 e. The first-order chi connectivity index (χ1) is 8.02. The van der Waals surface area contributed by atoms with Crippen LogP contribution in [0.25, 0.3) is 0 Å². The van der Waals surface area contributed by atoms with E-state index < -0.39 is 6.04 Å². The third-order valence-electron chi connectivity index (χ3n) is 1.89. The zero-order valence-corrected chi connectivity index (χ0v) is 10.4. The highest BCUT2D eigenvalue weighted by Gasteiger charge is 2.14. The van der Waals surface area contributed by atoms with E-state index in [-0.39, 0.29) is 12.1 Å². The lowest BCUT2D eigenvalue weighted by Gasteiger charge is -2.13. The van der Waals surface area contributed by atoms with E-state index in [0.717, 1.165) is 0 Å². The molecule has 1 atom stereocenters. The average molecular weight is 239 g/mol. The minimum atomic E-state index is -0.505. The van der Waals surface area contributed by atoms with Gasteiger partial charge in [-0.1, -0.05) is 0 Å². The van der Waals surface area contributed by atoms with Gasteiger partial charge in [0.1, 0.15) is 6.04 Å². The molecule has 1 aromatic heterocycles. The van der Waals surface area contributed by atoms with Crippen molar-refractivity contribution in [3.63, 3.8) is 0 Å². The lowest BCUT2D eigenvalue weighted by Crippen LogP contribution is -2.28. The number of ether oxygens (including phenoxy) is 2. The van der Waals surface area contributed by atoms with E-state index in [9.17, 15) is 4.79 Å². The first-order valence-electron chi connectivity index (χ1n) is 5.37. The van der Waals surface area contributed by atoms with Crippen LogP contribution in [0.5, 0.6) is 5.88 Å². The molecule has 0 radical (unpaired) electrons. The Labute approximate surface area is 100 Å². The van der Waals surface area contributed by atoms with Gasteiger partial charge in [0.2, 0.25) is 11.8 Å². The van der Waals surface area contributed by atoms with Crippen LogP contribution in [-0.2, 0) is 9.53 Å². The van der Waals surface area contributed by atoms with Gasteiger partial charge in [0.15, 0.2) is 0 Å². The number of hydrogen-bond donors (Lipinski definition) is 1. The Hall–Kier alpha value is -1.85. The molecule has 6 heteroatoms. The van der Waals surface area contributed by atoms with Gasteiger partial charge in [-0.25, -0.2) is 9.78 Å². The third-order valence-corrected chi connectivity index (χ3v) is 1.89. The monoisotopic (exact) mass is 239 g/mol. The first-order valence-corrected chi connectivity index (χ1v) is 5.37. The van der Waals surface area contributed by atoms with E-state index in [0.29, 0.717) is 11.8 Å². The second-order valence-corrected chi connectivity index (χ2v) is 3.77. The Bertz CT molecular complexity index is 382. The van der Waals surface area contributed by atoms with Gasteiger partial charge in [0.05, 0.1) is 13.2 Å². The standard InChI is InChI=1S/C11H17N3O3/c1-7(2)17-9-5-6-12-11(14-9)13-8(3)10(15)16-4/h5-8H,1-4H3,(H,12,13,14). The molecule has 0 aromatic carbocycles. The smallest absolute Gasteiger partial charge is 0.328 e. The van der Waals surface area contributed by atoms with Crippen molar-refractivity contribution in [3.05, 3.63) is 12.3 Å². The van der Waals surface area contributed by atoms with Gasteiger partial charge in [-0.15, -0.1) is 0 Å². The van der Waals surface area contributed by atoms with Gasteiger partial charge in [-0.3, -0.25) is 0 Å². The van der Waals surface area contributed by atoms with Crippen molar-refractivity contribution in [3.8, 4) is 5.88 Å². The highest BCUT2D eigenvalue weighted by Crippen LogP contribution is 2.11. The van der Waals surface area contributed by atoms with Crippen LogP contribution in [0.15, 0.2) is 12.3 Å². The summed E-state index contributed by atoms with van der Waals surface area (Å²) in [6, 6.07) is 1.16. The van der Waals surface area contributed by atoms with Gasteiger partial charge in [0, 0.05) is 12.3 Å². The molecule has 0 aliphatic carbocycles. The van der Waals surface area contributed by atoms with Crippen molar-refractivity contribution in [1.29, 1.82) is 0 Å². The highest BCUT2D eigenvalue weighted by atomic mass is 16.5. The fourth-order valence-electron chi connectivity index (χ4n) is 1.15. The number of anilines is 1. The van der Waals surface area contributed by atoms with Crippen LogP contribution in [0.3, 0.4) is 0 Å². The molecule has 1 N–H and O–H groups in total. The topological polar surface area (TPSA) is 73.3 Å². The van der Waals surface area contributed by atoms with Crippen molar-refractivity contribution in [2.75, 3.05) is 12.4 Å². The number of methoxy groups -OCH3 is 1. The molecular weight excluding hydrogens is 222 g/mol. The maximum atomic E-state index is 11.2. The number of carbonyl (C=O) groups excluding carboxylic acids is 1. The van der Waals surface area contributed by atoms with Crippen LogP contribution < -0.4 is 10.1 Å². The number of carbonyl (C=O) groups is 1. The molecule has 0 amide bonds. The maximum absolute atomic E-state index is 11.2. The van der Waals surface area contributed by atoms with E-state index >= 15 is 0 Å². The SMILES string of the molecule is COC(=O)C(C)Nc1nccc(OC(C)C)n1. The Morgan fingerprint density at radius 2 is 2.12 bits per heavy atom. The Kier molecular flexibility index (Phi) is 4.68. The summed E-state index contributed by atoms with van der Waals surface area (Å²) in [5.74, 6) is 0.430. The number of nitrogens with zero attached hydrogens (tertiary/aromatic N) is 2. The van der Waals surface area contributed by atoms with E-state index in [1.54, 1.807) is 19.2 Å². The van der Waals surface area contributed by atoms with E-state index in [1.807, 2.05) is 13.8 Å². The van der Waals surface area contributed by atoms with Crippen molar-refractivity contribution in [2.24, 2.45) is 0 Å². The lowest BCUT2D eigenvalue weighted by atomic mass is 10.3. The normalized spacial score (nSPS) is 12.1. The maximum Gasteiger partial charge on any atom is 0.328 e. The van der Waals surface area contributed by atoms with E-state index in [1.165, 1.54) is 7.11 Å². The van der Waals surface area contributed by atoms with Gasteiger partial charge < -0.3 is 14.8 Å². The van der Waals surface area contributed by atoms with Gasteiger partial charge >= 0.3 is 5.97 Å². The lowest BCUT2D eigenvalue weighted by molar-refractivity contribution is -0.141. The minimum Gasteiger partial charge on any atom is -0.475 e. The predicted molar refractivity (Wildman–Crippen MR) is 62.9 cm³/mol. The van der Waals surface area contributed by atoms with Crippen LogP contribution in [0.1, 0.15) is 20.8 Å². The van der Waals surface area contributed by atoms with Crippen molar-refractivity contribution in [1.82, 2.24) is 9.97 Å². The summed E-state index contributed by atoms with van der Waals surface area (Å²) in [7, 11) is 1.33. The molecule has 1 aromatic rings. The summed E-state index contributed by atoms with van der Waals surface area (Å²) in [4.78, 5) is 19.3. The number of aromatic nitrogens is 2. The molecule has 6 nitrogen and oxygen atoms in total. The fourth-order valence-corrected chi connectivity index (χ4v) is 1.15. The molecule has 17 heavy (non-hydrogen) atoms. The molecule has 1 unspecified atom stereocenters. The molecule has 0 fully saturated rings. The summed E-state index contributed by atoms with van der Waals surface area (Å²) in [5.41, 5.74) is 0. The molecule has 0 saturated heterocycles. The molecule has 0 aliphatic heterocycles. The summed E-state index contributed by atoms with van der Waals surface area (Å²) < 4.78 is 10.0. The minimum absolute atomic E-state index is 0.0378. The van der Waals surface area contributed by atoms with Crippen molar-refractivity contribution >= 4 is 11.9 Å². The van der Waals surface area contributed by atoms with Crippen LogP contribution in [-0.4, -0.2) is 35.2 Å². The van der Waals surface area contributed by atoms with E-state index in [4.69, 9.17) is 4.74 Å². The molecule has 1 rings (SSSR count). The summed E-state index contributed by atoms with van der Waals surface area (Å²) in [6.07, 6.45) is 1.60. The zero-order chi connectivity index (χ0) is 12.8. The number of nitrogens with one attached hydrogen (secondary N) is 1. The molecule has 94 valence electrons. The fraction of sp³-hybridized carbons (Fsp3) is 0.545. The Morgan fingerprint density at radius 3 is 2.71 bits per heavy atom. The predicted octanol–water partition coefficient (Wildman–Crippen LogP) is 1.24. The molecular formula is C11H17N3O3. The van der Waals surface area contributed by atoms with Crippen LogP contribution in [0.2, 0.25) is 0 Å². The van der Waals surface area contributed by atoms with Crippen LogP contribution >= 0.6 is 0 Å². The van der Waals surface area contributed by atoms with Crippen LogP contribution in [0, 0.1) is 0 Å². The third kappa shape index (κ3) is 4.26. The molecule has 1 heterocycles. The summed E-state index contributed by atoms with van der Waals surface area (Å²) in [6.45, 7) is 5.49. The average Bonchev–Trinajstić information content (AvgIpc) is 2.27. The van der Waals surface area contributed by atoms with Crippen molar-refractivity contribution in [2.45, 2.75) is 32.9 Å². The van der Waals surface area contributed by atoms with Crippen LogP contribution in [0.4, 0.5) is 5.95 Å². The second kappa shape index (κ2) is 6.03. The molecule has 0 spiro atoms. The second-order valence-electron chi connectivity index (χ2n) is 3.77. The van der Waals surface area contributed by atoms with Gasteiger partial charge in [0.25, 0.3) is 0 Å². The van der Waals surface area contributed by atoms with Crippen molar-refractivity contribution < 1.29 is 14.3 Å². The summed E-state index contributed by atoms with van der Waals surface area (Å²) >= 11 is 0. The number of esters is 1. The quantitative estimate of drug-likeness (QED) is 0.779. The Morgan fingerprint density at radius 1 is 1.41 bits per heavy atom. The van der Waals surface area contributed by atoms with Gasteiger partial charge in [-0.05, 0) is 20.8 Å². The Balaban J connectivity index is 2.68. The molecule has 0 saturated carbocycles. The zero-order valence-electron chi connectivity index (χ0n) is 10.4.